The molecule has 0 bridgehead atoms. The summed E-state index contributed by atoms with van der Waals surface area (Å²) < 4.78 is 56.2. The first-order valence-electron chi connectivity index (χ1n) is 7.75. The van der Waals surface area contributed by atoms with E-state index in [-0.39, 0.29) is 10.5 Å². The van der Waals surface area contributed by atoms with Gasteiger partial charge in [-0.2, -0.15) is 13.1 Å². The Balaban J connectivity index is 2.13. The zero-order valence-corrected chi connectivity index (χ0v) is 15.0. The second-order valence-electron chi connectivity index (χ2n) is 5.87. The lowest BCUT2D eigenvalue weighted by Gasteiger charge is -2.13. The Bertz CT molecular complexity index is 1140. The van der Waals surface area contributed by atoms with Crippen molar-refractivity contribution in [1.82, 2.24) is 19.7 Å². The molecule has 3 aromatic rings. The molecule has 0 N–H and O–H groups in total. The maximum absolute atomic E-state index is 13.3. The van der Waals surface area contributed by atoms with Crippen molar-refractivity contribution in [2.75, 3.05) is 0 Å². The van der Waals surface area contributed by atoms with Crippen LogP contribution in [0, 0.1) is 5.82 Å². The summed E-state index contributed by atoms with van der Waals surface area (Å²) in [5, 5.41) is 3.88. The van der Waals surface area contributed by atoms with Gasteiger partial charge in [0.15, 0.2) is 5.65 Å². The molecule has 0 fully saturated rings. The summed E-state index contributed by atoms with van der Waals surface area (Å²) in [5.41, 5.74) is 0.602. The lowest BCUT2D eigenvalue weighted by atomic mass is 10.3. The monoisotopic (exact) mass is 397 g/mol. The van der Waals surface area contributed by atoms with Crippen molar-refractivity contribution in [2.45, 2.75) is 30.4 Å². The van der Waals surface area contributed by atoms with Gasteiger partial charge in [0.05, 0.1) is 32.7 Å². The number of rotatable bonds is 4. The molecule has 142 valence electrons. The van der Waals surface area contributed by atoms with E-state index in [0.717, 1.165) is 6.20 Å². The first-order valence-corrected chi connectivity index (χ1v) is 9.33. The predicted octanol–water partition coefficient (Wildman–Crippen LogP) is 2.98. The molecule has 11 heteroatoms. The molecule has 0 aliphatic rings. The minimum absolute atomic E-state index is 0.0379. The molecule has 1 atom stereocenters. The Morgan fingerprint density at radius 2 is 1.96 bits per heavy atom. The molecule has 27 heavy (non-hydrogen) atoms. The smallest absolute Gasteiger partial charge is 0.265 e. The Morgan fingerprint density at radius 3 is 2.59 bits per heavy atom. The molecular weight excluding hydrogens is 383 g/mol. The SMILES string of the molecule is CC(C)S(=O)(=NC(=O)C(F)F)c1cnc2nn(-c3cncc(F)c3)cc2c1. The predicted molar refractivity (Wildman–Crippen MR) is 91.6 cm³/mol. The number of pyridine rings is 2. The fraction of sp³-hybridized carbons (Fsp3) is 0.250. The maximum atomic E-state index is 13.3. The molecule has 0 saturated carbocycles. The third-order valence-electron chi connectivity index (χ3n) is 3.68. The van der Waals surface area contributed by atoms with Crippen LogP contribution in [-0.2, 0) is 14.5 Å². The molecule has 1 unspecified atom stereocenters. The molecule has 1 amide bonds. The fourth-order valence-corrected chi connectivity index (χ4v) is 4.02. The first-order chi connectivity index (χ1) is 12.7. The van der Waals surface area contributed by atoms with Crippen LogP contribution in [0.2, 0.25) is 0 Å². The van der Waals surface area contributed by atoms with Gasteiger partial charge in [0, 0.05) is 29.1 Å². The van der Waals surface area contributed by atoms with Gasteiger partial charge in [0.25, 0.3) is 0 Å². The van der Waals surface area contributed by atoms with E-state index in [9.17, 15) is 22.2 Å². The summed E-state index contributed by atoms with van der Waals surface area (Å²) >= 11 is 0. The van der Waals surface area contributed by atoms with E-state index in [0.29, 0.717) is 11.1 Å². The molecule has 0 radical (unpaired) electrons. The first kappa shape index (κ1) is 19.0. The molecule has 0 saturated heterocycles. The molecule has 0 spiro atoms. The third-order valence-corrected chi connectivity index (χ3v) is 6.31. The molecule has 0 aliphatic heterocycles. The number of aromatic nitrogens is 4. The van der Waals surface area contributed by atoms with Gasteiger partial charge in [-0.3, -0.25) is 9.78 Å². The summed E-state index contributed by atoms with van der Waals surface area (Å²) in [6, 6.07) is 2.64. The topological polar surface area (TPSA) is 90.1 Å². The molecule has 3 heterocycles. The van der Waals surface area contributed by atoms with Crippen molar-refractivity contribution in [3.8, 4) is 5.69 Å². The number of hydrogen-bond acceptors (Lipinski definition) is 5. The van der Waals surface area contributed by atoms with Crippen LogP contribution >= 0.6 is 0 Å². The van der Waals surface area contributed by atoms with E-state index < -0.39 is 33.1 Å². The molecule has 3 aromatic heterocycles. The van der Waals surface area contributed by atoms with Crippen LogP contribution in [0.25, 0.3) is 16.7 Å². The van der Waals surface area contributed by atoms with E-state index in [4.69, 9.17) is 0 Å². The van der Waals surface area contributed by atoms with Gasteiger partial charge in [-0.1, -0.05) is 0 Å². The fourth-order valence-electron chi connectivity index (χ4n) is 2.32. The van der Waals surface area contributed by atoms with E-state index in [1.165, 1.54) is 49.3 Å². The molecule has 0 aliphatic carbocycles. The van der Waals surface area contributed by atoms with Crippen molar-refractivity contribution in [3.63, 3.8) is 0 Å². The minimum Gasteiger partial charge on any atom is -0.265 e. The number of fused-ring (bicyclic) bond motifs is 1. The lowest BCUT2D eigenvalue weighted by Crippen LogP contribution is -2.19. The van der Waals surface area contributed by atoms with Gasteiger partial charge in [-0.15, -0.1) is 5.10 Å². The van der Waals surface area contributed by atoms with E-state index >= 15 is 0 Å². The van der Waals surface area contributed by atoms with Gasteiger partial charge >= 0.3 is 12.3 Å². The van der Waals surface area contributed by atoms with Gasteiger partial charge in [0.2, 0.25) is 0 Å². The highest BCUT2D eigenvalue weighted by Crippen LogP contribution is 2.23. The van der Waals surface area contributed by atoms with Crippen molar-refractivity contribution in [3.05, 3.63) is 42.7 Å². The van der Waals surface area contributed by atoms with Crippen LogP contribution in [0.15, 0.2) is 46.2 Å². The average molecular weight is 397 g/mol. The van der Waals surface area contributed by atoms with Crippen LogP contribution in [-0.4, -0.2) is 41.5 Å². The number of amides is 1. The van der Waals surface area contributed by atoms with Crippen LogP contribution < -0.4 is 0 Å². The standard InChI is InChI=1S/C16H14F3N5O2S/c1-9(2)27(26,23-16(25)14(18)19)13-3-10-8-24(22-15(10)21-7-13)12-4-11(17)5-20-6-12/h3-9,14H,1-2H3. The molecule has 3 rings (SSSR count). The molecular formula is C16H14F3N5O2S. The van der Waals surface area contributed by atoms with E-state index in [1.807, 2.05) is 0 Å². The summed E-state index contributed by atoms with van der Waals surface area (Å²) in [6.45, 7) is 3.02. The molecule has 7 nitrogen and oxygen atoms in total. The second kappa shape index (κ2) is 7.06. The Labute approximate surface area is 152 Å². The largest absolute Gasteiger partial charge is 0.321 e. The average Bonchev–Trinajstić information content (AvgIpc) is 3.04. The highest BCUT2D eigenvalue weighted by atomic mass is 32.2. The highest BCUT2D eigenvalue weighted by molar-refractivity contribution is 7.94. The summed E-state index contributed by atoms with van der Waals surface area (Å²) in [4.78, 5) is 19.2. The number of hydrogen-bond donors (Lipinski definition) is 0. The van der Waals surface area contributed by atoms with Crippen molar-refractivity contribution in [2.24, 2.45) is 4.36 Å². The summed E-state index contributed by atoms with van der Waals surface area (Å²) in [5.74, 6) is -2.29. The second-order valence-corrected chi connectivity index (χ2v) is 8.60. The lowest BCUT2D eigenvalue weighted by molar-refractivity contribution is -0.127. The number of nitrogens with zero attached hydrogens (tertiary/aromatic N) is 5. The summed E-state index contributed by atoms with van der Waals surface area (Å²) in [7, 11) is -3.46. The zero-order valence-electron chi connectivity index (χ0n) is 14.2. The number of halogens is 3. The third kappa shape index (κ3) is 3.68. The normalized spacial score (nSPS) is 13.9. The van der Waals surface area contributed by atoms with Crippen LogP contribution in [0.4, 0.5) is 13.2 Å². The Hall–Kier alpha value is -2.82. The number of carbonyl (C=O) groups is 1. The Kier molecular flexibility index (Phi) is 4.96. The van der Waals surface area contributed by atoms with E-state index in [1.54, 1.807) is 0 Å². The number of carbonyl (C=O) groups excluding carboxylic acids is 1. The van der Waals surface area contributed by atoms with Crippen LogP contribution in [0.3, 0.4) is 0 Å². The van der Waals surface area contributed by atoms with Gasteiger partial charge in [-0.05, 0) is 19.9 Å². The van der Waals surface area contributed by atoms with Crippen molar-refractivity contribution < 1.29 is 22.2 Å². The van der Waals surface area contributed by atoms with Crippen LogP contribution in [0.1, 0.15) is 13.8 Å². The quantitative estimate of drug-likeness (QED) is 0.675. The van der Waals surface area contributed by atoms with Gasteiger partial charge in [0.1, 0.15) is 5.82 Å². The van der Waals surface area contributed by atoms with Crippen molar-refractivity contribution >= 4 is 26.7 Å². The number of alkyl halides is 2. The molecule has 0 aromatic carbocycles. The zero-order chi connectivity index (χ0) is 19.8. The summed E-state index contributed by atoms with van der Waals surface area (Å²) in [6.07, 6.45) is 1.78. The minimum atomic E-state index is -3.46. The van der Waals surface area contributed by atoms with Crippen LogP contribution in [0.5, 0.6) is 0 Å². The maximum Gasteiger partial charge on any atom is 0.321 e. The van der Waals surface area contributed by atoms with Gasteiger partial charge in [-0.25, -0.2) is 18.3 Å². The van der Waals surface area contributed by atoms with E-state index in [2.05, 4.69) is 19.4 Å². The van der Waals surface area contributed by atoms with Crippen molar-refractivity contribution in [1.29, 1.82) is 0 Å². The Morgan fingerprint density at radius 1 is 1.22 bits per heavy atom. The highest BCUT2D eigenvalue weighted by Gasteiger charge is 2.24. The van der Waals surface area contributed by atoms with Gasteiger partial charge < -0.3 is 0 Å².